The minimum Gasteiger partial charge on any atom is -0.489 e. The third kappa shape index (κ3) is 4.72. The fourth-order valence-electron chi connectivity index (χ4n) is 6.70. The lowest BCUT2D eigenvalue weighted by Gasteiger charge is -2.41. The average molecular weight is 545 g/mol. The van der Waals surface area contributed by atoms with Gasteiger partial charge in [0.2, 0.25) is 0 Å². The number of nitrogens with one attached hydrogen (secondary N) is 1. The number of carbonyl (C=O) groups excluding carboxylic acids is 1. The molecule has 2 saturated heterocycles. The second-order valence-electron chi connectivity index (χ2n) is 11.6. The van der Waals surface area contributed by atoms with Gasteiger partial charge in [-0.3, -0.25) is 14.7 Å². The van der Waals surface area contributed by atoms with Crippen LogP contribution in [0, 0.1) is 0 Å². The maximum atomic E-state index is 14.1. The van der Waals surface area contributed by atoms with Crippen molar-refractivity contribution >= 4 is 28.6 Å². The standard InChI is InChI=1S/C32H40N4O4/c1-32(2)25-19-27(36-9-7-22(8-10-36)35-11-13-39-14-12-35)28(40-16-15-38-4)18-24(25)30(37)29-23-6-5-21(20-33-3)17-26(23)34-31(29)32/h5-6,17-20,22,34H,7-16H2,1-4H3/b33-20+. The average Bonchev–Trinajstić information content (AvgIpc) is 3.37. The molecule has 0 radical (unpaired) electrons. The summed E-state index contributed by atoms with van der Waals surface area (Å²) in [6.07, 6.45) is 4.04. The molecule has 3 aliphatic rings. The Bertz CT molecular complexity index is 1430. The fraction of sp³-hybridized carbons (Fsp3) is 0.500. The molecule has 40 heavy (non-hydrogen) atoms. The quantitative estimate of drug-likeness (QED) is 0.351. The van der Waals surface area contributed by atoms with E-state index < -0.39 is 0 Å². The topological polar surface area (TPSA) is 79.4 Å². The predicted molar refractivity (Wildman–Crippen MR) is 159 cm³/mol. The molecule has 1 aliphatic carbocycles. The number of ether oxygens (including phenoxy) is 3. The molecule has 0 atom stereocenters. The van der Waals surface area contributed by atoms with Gasteiger partial charge in [0.1, 0.15) is 12.4 Å². The van der Waals surface area contributed by atoms with Crippen LogP contribution in [0.2, 0.25) is 0 Å². The van der Waals surface area contributed by atoms with Crippen molar-refractivity contribution in [2.75, 3.05) is 71.7 Å². The molecule has 3 aromatic rings. The minimum atomic E-state index is -0.386. The number of rotatable bonds is 7. The number of morpholine rings is 1. The highest BCUT2D eigenvalue weighted by atomic mass is 16.5. The maximum absolute atomic E-state index is 14.1. The van der Waals surface area contributed by atoms with Gasteiger partial charge >= 0.3 is 0 Å². The molecule has 8 heteroatoms. The van der Waals surface area contributed by atoms with Crippen molar-refractivity contribution in [3.63, 3.8) is 0 Å². The van der Waals surface area contributed by atoms with Crippen molar-refractivity contribution in [2.45, 2.75) is 38.1 Å². The summed E-state index contributed by atoms with van der Waals surface area (Å²) in [7, 11) is 3.44. The SMILES string of the molecule is C/N=C/c1ccc2c3c([nH]c2c1)C(C)(C)c1cc(N2CCC(N4CCOCC4)CC2)c(OCCOC)cc1C3=O. The summed E-state index contributed by atoms with van der Waals surface area (Å²) in [5.74, 6) is 0.802. The summed E-state index contributed by atoms with van der Waals surface area (Å²) in [4.78, 5) is 26.9. The molecular formula is C32H40N4O4. The zero-order valence-corrected chi connectivity index (χ0v) is 24.1. The monoisotopic (exact) mass is 544 g/mol. The highest BCUT2D eigenvalue weighted by Crippen LogP contribution is 2.47. The lowest BCUT2D eigenvalue weighted by Crippen LogP contribution is -2.49. The van der Waals surface area contributed by atoms with E-state index in [0.29, 0.717) is 19.3 Å². The van der Waals surface area contributed by atoms with Gasteiger partial charge in [0.05, 0.1) is 31.1 Å². The molecule has 2 aliphatic heterocycles. The number of benzene rings is 2. The van der Waals surface area contributed by atoms with Gasteiger partial charge in [0, 0.05) is 80.2 Å². The van der Waals surface area contributed by atoms with Crippen LogP contribution in [0.5, 0.6) is 5.75 Å². The Kier molecular flexibility index (Phi) is 7.42. The number of fused-ring (bicyclic) bond motifs is 4. The van der Waals surface area contributed by atoms with Crippen molar-refractivity contribution in [2.24, 2.45) is 4.99 Å². The Hall–Kier alpha value is -3.20. The van der Waals surface area contributed by atoms with E-state index in [0.717, 1.165) is 103 Å². The van der Waals surface area contributed by atoms with Gasteiger partial charge in [0.25, 0.3) is 0 Å². The van der Waals surface area contributed by atoms with Crippen molar-refractivity contribution in [3.8, 4) is 5.75 Å². The zero-order chi connectivity index (χ0) is 27.9. The summed E-state index contributed by atoms with van der Waals surface area (Å²) in [5, 5.41) is 0.947. The van der Waals surface area contributed by atoms with E-state index in [2.05, 4.69) is 45.8 Å². The number of aliphatic imine (C=N–C) groups is 1. The summed E-state index contributed by atoms with van der Waals surface area (Å²) >= 11 is 0. The molecule has 2 aromatic carbocycles. The van der Waals surface area contributed by atoms with E-state index in [9.17, 15) is 4.79 Å². The Morgan fingerprint density at radius 3 is 2.60 bits per heavy atom. The van der Waals surface area contributed by atoms with Crippen molar-refractivity contribution in [3.05, 3.63) is 58.3 Å². The van der Waals surface area contributed by atoms with E-state index >= 15 is 0 Å². The number of H-pyrrole nitrogens is 1. The first-order valence-electron chi connectivity index (χ1n) is 14.4. The summed E-state index contributed by atoms with van der Waals surface area (Å²) in [5.41, 5.74) is 6.13. The van der Waals surface area contributed by atoms with Gasteiger partial charge in [-0.2, -0.15) is 0 Å². The molecule has 3 heterocycles. The number of aromatic nitrogens is 1. The molecule has 6 rings (SSSR count). The molecule has 2 fully saturated rings. The Labute approximate surface area is 236 Å². The third-order valence-corrected chi connectivity index (χ3v) is 8.88. The van der Waals surface area contributed by atoms with Crippen LogP contribution >= 0.6 is 0 Å². The van der Waals surface area contributed by atoms with E-state index in [1.807, 2.05) is 24.4 Å². The van der Waals surface area contributed by atoms with E-state index in [-0.39, 0.29) is 11.2 Å². The zero-order valence-electron chi connectivity index (χ0n) is 24.1. The first-order valence-corrected chi connectivity index (χ1v) is 14.4. The Morgan fingerprint density at radius 1 is 1.10 bits per heavy atom. The molecule has 0 spiro atoms. The van der Waals surface area contributed by atoms with E-state index in [1.165, 1.54) is 0 Å². The van der Waals surface area contributed by atoms with Crippen LogP contribution < -0.4 is 9.64 Å². The molecule has 212 valence electrons. The third-order valence-electron chi connectivity index (χ3n) is 8.88. The normalized spacial score (nSPS) is 19.8. The number of hydrogen-bond donors (Lipinski definition) is 1. The van der Waals surface area contributed by atoms with E-state index in [1.54, 1.807) is 14.2 Å². The number of piperidine rings is 1. The van der Waals surface area contributed by atoms with Gasteiger partial charge in [-0.05, 0) is 42.2 Å². The fourth-order valence-corrected chi connectivity index (χ4v) is 6.70. The van der Waals surface area contributed by atoms with Crippen molar-refractivity contribution < 1.29 is 19.0 Å². The first kappa shape index (κ1) is 27.0. The van der Waals surface area contributed by atoms with Crippen molar-refractivity contribution in [1.82, 2.24) is 9.88 Å². The first-order chi connectivity index (χ1) is 19.4. The van der Waals surface area contributed by atoms with Gasteiger partial charge in [-0.25, -0.2) is 0 Å². The molecule has 0 amide bonds. The molecule has 0 unspecified atom stereocenters. The number of hydrogen-bond acceptors (Lipinski definition) is 7. The van der Waals surface area contributed by atoms with Crippen LogP contribution in [0.1, 0.15) is 59.4 Å². The van der Waals surface area contributed by atoms with Crippen LogP contribution in [0.3, 0.4) is 0 Å². The second-order valence-corrected chi connectivity index (χ2v) is 11.6. The second kappa shape index (κ2) is 11.0. The smallest absolute Gasteiger partial charge is 0.195 e. The minimum absolute atomic E-state index is 0.0432. The lowest BCUT2D eigenvalue weighted by molar-refractivity contribution is 0.0115. The van der Waals surface area contributed by atoms with Gasteiger partial charge in [0.15, 0.2) is 5.78 Å². The number of methoxy groups -OCH3 is 1. The van der Waals surface area contributed by atoms with E-state index in [4.69, 9.17) is 14.2 Å². The number of anilines is 1. The van der Waals surface area contributed by atoms with Crippen LogP contribution in [0.15, 0.2) is 35.3 Å². The lowest BCUT2D eigenvalue weighted by atomic mass is 9.71. The summed E-state index contributed by atoms with van der Waals surface area (Å²) in [6, 6.07) is 10.9. The van der Waals surface area contributed by atoms with Crippen LogP contribution in [0.4, 0.5) is 5.69 Å². The number of ketones is 1. The predicted octanol–water partition coefficient (Wildman–Crippen LogP) is 4.41. The molecule has 0 saturated carbocycles. The summed E-state index contributed by atoms with van der Waals surface area (Å²) in [6.45, 7) is 10.9. The highest BCUT2D eigenvalue weighted by molar-refractivity contribution is 6.20. The Morgan fingerprint density at radius 2 is 1.88 bits per heavy atom. The van der Waals surface area contributed by atoms with Crippen molar-refractivity contribution in [1.29, 1.82) is 0 Å². The molecule has 8 nitrogen and oxygen atoms in total. The summed E-state index contributed by atoms with van der Waals surface area (Å²) < 4.78 is 17.1. The number of carbonyl (C=O) groups is 1. The maximum Gasteiger partial charge on any atom is 0.195 e. The van der Waals surface area contributed by atoms with Gasteiger partial charge in [-0.1, -0.05) is 26.0 Å². The van der Waals surface area contributed by atoms with Crippen LogP contribution in [-0.2, 0) is 14.9 Å². The van der Waals surface area contributed by atoms with Gasteiger partial charge in [-0.15, -0.1) is 0 Å². The number of aromatic amines is 1. The molecule has 0 bridgehead atoms. The van der Waals surface area contributed by atoms with Crippen LogP contribution in [-0.4, -0.2) is 94.7 Å². The Balaban J connectivity index is 1.37. The largest absolute Gasteiger partial charge is 0.489 e. The number of nitrogens with zero attached hydrogens (tertiary/aromatic N) is 3. The molecular weight excluding hydrogens is 504 g/mol. The molecule has 1 N–H and O–H groups in total. The van der Waals surface area contributed by atoms with Crippen LogP contribution in [0.25, 0.3) is 10.9 Å². The molecule has 1 aromatic heterocycles. The van der Waals surface area contributed by atoms with Gasteiger partial charge < -0.3 is 24.1 Å². The highest BCUT2D eigenvalue weighted by Gasteiger charge is 2.41.